The Hall–Kier alpha value is -0.420. The summed E-state index contributed by atoms with van der Waals surface area (Å²) >= 11 is 5.70. The standard InChI is InChI=1S/C12H14ClF2NO.ClH/c13-10-8(15)5-4-7(14)9(10)11(16)12(17)6-2-1-3-6;/h4-6,11-12,17H,1-3,16H2;1H/t11-,12+;/m0./s1. The van der Waals surface area contributed by atoms with Gasteiger partial charge < -0.3 is 10.8 Å². The molecule has 1 fully saturated rings. The summed E-state index contributed by atoms with van der Waals surface area (Å²) in [6.45, 7) is 0. The third kappa shape index (κ3) is 2.77. The van der Waals surface area contributed by atoms with E-state index in [0.717, 1.165) is 31.4 Å². The minimum Gasteiger partial charge on any atom is -0.391 e. The molecule has 18 heavy (non-hydrogen) atoms. The van der Waals surface area contributed by atoms with Crippen molar-refractivity contribution in [3.63, 3.8) is 0 Å². The van der Waals surface area contributed by atoms with Gasteiger partial charge in [-0.1, -0.05) is 18.0 Å². The number of rotatable bonds is 3. The molecule has 0 radical (unpaired) electrons. The molecular weight excluding hydrogens is 283 g/mol. The first-order valence-electron chi connectivity index (χ1n) is 5.59. The van der Waals surface area contributed by atoms with Crippen LogP contribution in [0.3, 0.4) is 0 Å². The van der Waals surface area contributed by atoms with Crippen LogP contribution >= 0.6 is 24.0 Å². The van der Waals surface area contributed by atoms with Crippen molar-refractivity contribution in [1.82, 2.24) is 0 Å². The lowest BCUT2D eigenvalue weighted by atomic mass is 9.77. The number of aliphatic hydroxyl groups is 1. The first-order valence-corrected chi connectivity index (χ1v) is 5.97. The van der Waals surface area contributed by atoms with Gasteiger partial charge in [0.15, 0.2) is 0 Å². The summed E-state index contributed by atoms with van der Waals surface area (Å²) in [4.78, 5) is 0. The molecule has 0 aliphatic heterocycles. The second-order valence-corrected chi connectivity index (χ2v) is 4.84. The highest BCUT2D eigenvalue weighted by Gasteiger charge is 2.33. The van der Waals surface area contributed by atoms with E-state index >= 15 is 0 Å². The molecule has 2 nitrogen and oxygen atoms in total. The summed E-state index contributed by atoms with van der Waals surface area (Å²) in [6.07, 6.45) is 1.89. The molecule has 0 spiro atoms. The average Bonchev–Trinajstić information content (AvgIpc) is 2.21. The molecule has 0 heterocycles. The van der Waals surface area contributed by atoms with E-state index in [1.165, 1.54) is 0 Å². The van der Waals surface area contributed by atoms with Crippen molar-refractivity contribution in [2.45, 2.75) is 31.4 Å². The highest BCUT2D eigenvalue weighted by Crippen LogP contribution is 2.37. The minimum absolute atomic E-state index is 0. The van der Waals surface area contributed by atoms with Gasteiger partial charge in [-0.25, -0.2) is 8.78 Å². The van der Waals surface area contributed by atoms with Gasteiger partial charge in [0, 0.05) is 5.56 Å². The summed E-state index contributed by atoms with van der Waals surface area (Å²) in [5.74, 6) is -1.34. The van der Waals surface area contributed by atoms with E-state index in [1.54, 1.807) is 0 Å². The molecule has 1 aromatic carbocycles. The Kier molecular flexibility index (Phi) is 5.34. The van der Waals surface area contributed by atoms with E-state index < -0.39 is 23.8 Å². The largest absolute Gasteiger partial charge is 0.391 e. The van der Waals surface area contributed by atoms with E-state index in [1.807, 2.05) is 0 Å². The molecule has 0 saturated heterocycles. The van der Waals surface area contributed by atoms with Gasteiger partial charge in [0.1, 0.15) is 11.6 Å². The highest BCUT2D eigenvalue weighted by atomic mass is 35.5. The smallest absolute Gasteiger partial charge is 0.142 e. The lowest BCUT2D eigenvalue weighted by Gasteiger charge is -2.34. The lowest BCUT2D eigenvalue weighted by molar-refractivity contribution is 0.0404. The average molecular weight is 298 g/mol. The third-order valence-corrected chi connectivity index (χ3v) is 3.80. The van der Waals surface area contributed by atoms with Gasteiger partial charge in [0.2, 0.25) is 0 Å². The molecule has 1 aliphatic rings. The van der Waals surface area contributed by atoms with Crippen LogP contribution in [-0.2, 0) is 0 Å². The quantitative estimate of drug-likeness (QED) is 0.842. The van der Waals surface area contributed by atoms with Crippen LogP contribution in [-0.4, -0.2) is 11.2 Å². The summed E-state index contributed by atoms with van der Waals surface area (Å²) in [5, 5.41) is 9.62. The summed E-state index contributed by atoms with van der Waals surface area (Å²) < 4.78 is 26.8. The van der Waals surface area contributed by atoms with Gasteiger partial charge in [-0.3, -0.25) is 0 Å². The molecule has 1 aliphatic carbocycles. The van der Waals surface area contributed by atoms with E-state index in [-0.39, 0.29) is 28.9 Å². The fraction of sp³-hybridized carbons (Fsp3) is 0.500. The van der Waals surface area contributed by atoms with Crippen molar-refractivity contribution in [3.8, 4) is 0 Å². The maximum Gasteiger partial charge on any atom is 0.142 e. The number of benzene rings is 1. The van der Waals surface area contributed by atoms with Crippen LogP contribution < -0.4 is 5.73 Å². The van der Waals surface area contributed by atoms with Gasteiger partial charge in [-0.15, -0.1) is 12.4 Å². The van der Waals surface area contributed by atoms with Crippen LogP contribution in [0.2, 0.25) is 5.02 Å². The number of hydrogen-bond acceptors (Lipinski definition) is 2. The zero-order valence-corrected chi connectivity index (χ0v) is 11.1. The van der Waals surface area contributed by atoms with Crippen molar-refractivity contribution < 1.29 is 13.9 Å². The summed E-state index contributed by atoms with van der Waals surface area (Å²) in [6, 6.07) is 0.941. The van der Waals surface area contributed by atoms with E-state index in [2.05, 4.69) is 0 Å². The summed E-state index contributed by atoms with van der Waals surface area (Å²) in [7, 11) is 0. The highest BCUT2D eigenvalue weighted by molar-refractivity contribution is 6.31. The topological polar surface area (TPSA) is 46.2 Å². The van der Waals surface area contributed by atoms with E-state index in [0.29, 0.717) is 0 Å². The Morgan fingerprint density at radius 3 is 2.33 bits per heavy atom. The molecule has 0 amide bonds. The molecule has 1 saturated carbocycles. The molecule has 102 valence electrons. The summed E-state index contributed by atoms with van der Waals surface area (Å²) in [5.41, 5.74) is 5.65. The normalized spacial score (nSPS) is 18.7. The van der Waals surface area contributed by atoms with Gasteiger partial charge in [-0.2, -0.15) is 0 Å². The number of hydrogen-bond donors (Lipinski definition) is 2. The zero-order valence-electron chi connectivity index (χ0n) is 9.57. The Labute approximate surface area is 116 Å². The maximum atomic E-state index is 13.6. The third-order valence-electron chi connectivity index (χ3n) is 3.41. The van der Waals surface area contributed by atoms with Gasteiger partial charge in [-0.05, 0) is 30.9 Å². The second-order valence-electron chi connectivity index (χ2n) is 4.46. The van der Waals surface area contributed by atoms with Crippen LogP contribution in [0.5, 0.6) is 0 Å². The number of halogens is 4. The van der Waals surface area contributed by atoms with Crippen LogP contribution in [0.15, 0.2) is 12.1 Å². The van der Waals surface area contributed by atoms with E-state index in [4.69, 9.17) is 17.3 Å². The van der Waals surface area contributed by atoms with E-state index in [9.17, 15) is 13.9 Å². The second kappa shape index (κ2) is 6.15. The first kappa shape index (κ1) is 15.6. The van der Waals surface area contributed by atoms with Crippen LogP contribution in [0.25, 0.3) is 0 Å². The first-order chi connectivity index (χ1) is 8.02. The molecule has 0 aromatic heterocycles. The molecule has 2 atom stereocenters. The zero-order chi connectivity index (χ0) is 12.6. The van der Waals surface area contributed by atoms with Gasteiger partial charge in [0.25, 0.3) is 0 Å². The number of nitrogens with two attached hydrogens (primary N) is 1. The monoisotopic (exact) mass is 297 g/mol. The van der Waals surface area contributed by atoms with Crippen LogP contribution in [0.4, 0.5) is 8.78 Å². The van der Waals surface area contributed by atoms with Gasteiger partial charge >= 0.3 is 0 Å². The lowest BCUT2D eigenvalue weighted by Crippen LogP contribution is -2.37. The molecule has 3 N–H and O–H groups in total. The van der Waals surface area contributed by atoms with Crippen molar-refractivity contribution in [3.05, 3.63) is 34.4 Å². The van der Waals surface area contributed by atoms with Crippen molar-refractivity contribution in [2.75, 3.05) is 0 Å². The SMILES string of the molecule is Cl.N[C@@H](c1c(F)ccc(F)c1Cl)[C@H](O)C1CCC1. The predicted octanol–water partition coefficient (Wildman–Crippen LogP) is 3.20. The molecule has 1 aromatic rings. The predicted molar refractivity (Wildman–Crippen MR) is 68.9 cm³/mol. The molecule has 2 rings (SSSR count). The Balaban J connectivity index is 0.00000162. The molecule has 0 unspecified atom stereocenters. The van der Waals surface area contributed by atoms with Crippen LogP contribution in [0, 0.1) is 17.6 Å². The fourth-order valence-electron chi connectivity index (χ4n) is 2.09. The van der Waals surface area contributed by atoms with Crippen molar-refractivity contribution in [1.29, 1.82) is 0 Å². The minimum atomic E-state index is -0.983. The Morgan fingerprint density at radius 1 is 1.28 bits per heavy atom. The maximum absolute atomic E-state index is 13.6. The molecule has 6 heteroatoms. The molecule has 0 bridgehead atoms. The van der Waals surface area contributed by atoms with Crippen molar-refractivity contribution in [2.24, 2.45) is 11.7 Å². The Morgan fingerprint density at radius 2 is 1.83 bits per heavy atom. The van der Waals surface area contributed by atoms with Gasteiger partial charge in [0.05, 0.1) is 17.2 Å². The van der Waals surface area contributed by atoms with Crippen LogP contribution in [0.1, 0.15) is 30.9 Å². The Bertz CT molecular complexity index is 427. The fourth-order valence-corrected chi connectivity index (χ4v) is 2.37. The molecular formula is C12H15Cl2F2NO. The van der Waals surface area contributed by atoms with Crippen molar-refractivity contribution >= 4 is 24.0 Å². The number of aliphatic hydroxyl groups excluding tert-OH is 1.